The first-order valence-electron chi connectivity index (χ1n) is 28.1. The predicted molar refractivity (Wildman–Crippen MR) is 263 cm³/mol. The van der Waals surface area contributed by atoms with Crippen molar-refractivity contribution in [3.8, 4) is 0 Å². The summed E-state index contributed by atoms with van der Waals surface area (Å²) in [5.41, 5.74) is 3.63. The van der Waals surface area contributed by atoms with Crippen molar-refractivity contribution in [3.63, 3.8) is 0 Å². The van der Waals surface area contributed by atoms with Crippen LogP contribution in [0.2, 0.25) is 0 Å². The molecule has 0 aromatic rings. The highest BCUT2D eigenvalue weighted by Gasteiger charge is 2.61. The average molecular weight is 899 g/mol. The molecule has 0 amide bonds. The normalized spacial score (nSPS) is 38.1. The number of esters is 2. The molecule has 0 bridgehead atoms. The molecule has 366 valence electrons. The maximum absolute atomic E-state index is 12.7. The van der Waals surface area contributed by atoms with Crippen LogP contribution in [0.15, 0.2) is 23.3 Å². The topological polar surface area (TPSA) is 86.7 Å². The molecule has 3 unspecified atom stereocenters. The first-order valence-corrected chi connectivity index (χ1v) is 28.1. The van der Waals surface area contributed by atoms with E-state index in [4.69, 9.17) is 9.47 Å². The third-order valence-electron chi connectivity index (χ3n) is 20.5. The van der Waals surface area contributed by atoms with Gasteiger partial charge in [-0.3, -0.25) is 19.2 Å². The van der Waals surface area contributed by atoms with Gasteiger partial charge in [0.25, 0.3) is 0 Å². The number of unbranched alkanes of at least 4 members (excludes halogenated alkanes) is 13. The zero-order valence-electron chi connectivity index (χ0n) is 42.6. The molecule has 12 atom stereocenters. The van der Waals surface area contributed by atoms with Gasteiger partial charge in [0.1, 0.15) is 12.2 Å². The maximum Gasteiger partial charge on any atom is 0.306 e. The fraction of sp³-hybridized carbons (Fsp3) is 0.864. The van der Waals surface area contributed by atoms with Crippen molar-refractivity contribution in [1.82, 2.24) is 0 Å². The lowest BCUT2D eigenvalue weighted by Crippen LogP contribution is -2.51. The van der Waals surface area contributed by atoms with Crippen molar-refractivity contribution in [3.05, 3.63) is 23.3 Å². The number of hydrogen-bond donors (Lipinski definition) is 0. The quantitative estimate of drug-likeness (QED) is 0.0948. The van der Waals surface area contributed by atoms with Gasteiger partial charge in [0.15, 0.2) is 11.6 Å². The van der Waals surface area contributed by atoms with E-state index in [9.17, 15) is 19.2 Å². The summed E-state index contributed by atoms with van der Waals surface area (Å²) in [7, 11) is 0. The van der Waals surface area contributed by atoms with Crippen LogP contribution in [0.3, 0.4) is 0 Å². The molecule has 8 aliphatic rings. The number of rotatable bonds is 19. The van der Waals surface area contributed by atoms with E-state index in [2.05, 4.69) is 41.5 Å². The summed E-state index contributed by atoms with van der Waals surface area (Å²) in [5.74, 6) is 4.98. The summed E-state index contributed by atoms with van der Waals surface area (Å²) < 4.78 is 12.3. The van der Waals surface area contributed by atoms with Crippen molar-refractivity contribution >= 4 is 23.5 Å². The van der Waals surface area contributed by atoms with Crippen LogP contribution in [0.5, 0.6) is 0 Å². The third-order valence-corrected chi connectivity index (χ3v) is 20.5. The second-order valence-corrected chi connectivity index (χ2v) is 24.2. The predicted octanol–water partition coefficient (Wildman–Crippen LogP) is 15.5. The van der Waals surface area contributed by atoms with Crippen molar-refractivity contribution < 1.29 is 28.7 Å². The molecule has 65 heavy (non-hydrogen) atoms. The van der Waals surface area contributed by atoms with Gasteiger partial charge in [-0.2, -0.15) is 0 Å². The van der Waals surface area contributed by atoms with Crippen LogP contribution in [0.4, 0.5) is 0 Å². The minimum Gasteiger partial charge on any atom is -0.462 e. The Hall–Kier alpha value is -2.24. The lowest BCUT2D eigenvalue weighted by Gasteiger charge is -2.57. The Morgan fingerprint density at radius 3 is 1.22 bits per heavy atom. The zero-order chi connectivity index (χ0) is 46.2. The number of hydrogen-bond acceptors (Lipinski definition) is 6. The van der Waals surface area contributed by atoms with Crippen LogP contribution >= 0.6 is 0 Å². The SMILES string of the molecule is CCCCCCCCCC(=O)O[C@H]1CCC2C3CCC4=CC(=O)CC[C@]4(C)C3CC[C@@]21C.CCCCCCCCCCC(=O)O[C@H]1CC[C@H]2[C@@H]3CCC4=CC(=O)CC[C@]4(C)[C@H]3CC[C@]12C. The second-order valence-electron chi connectivity index (χ2n) is 24.2. The van der Waals surface area contributed by atoms with E-state index in [1.807, 2.05) is 12.2 Å². The van der Waals surface area contributed by atoms with Crippen LogP contribution in [-0.4, -0.2) is 35.7 Å². The summed E-state index contributed by atoms with van der Waals surface area (Å²) in [6.07, 6.45) is 41.6. The molecule has 0 N–H and O–H groups in total. The molecular weight excluding hydrogens is 805 g/mol. The number of ketones is 2. The van der Waals surface area contributed by atoms with Crippen LogP contribution < -0.4 is 0 Å². The summed E-state index contributed by atoms with van der Waals surface area (Å²) in [6.45, 7) is 14.2. The summed E-state index contributed by atoms with van der Waals surface area (Å²) in [4.78, 5) is 49.4. The summed E-state index contributed by atoms with van der Waals surface area (Å²) >= 11 is 0. The Morgan fingerprint density at radius 1 is 0.462 bits per heavy atom. The molecule has 0 aromatic heterocycles. The van der Waals surface area contributed by atoms with Gasteiger partial charge >= 0.3 is 11.9 Å². The average Bonchev–Trinajstić information content (AvgIpc) is 3.80. The standard InChI is InChI=1S/C30H48O3.C29H46O3/c1-4-5-6-7-8-9-10-11-12-28(32)33-27-16-15-25-24-14-13-22-21-23(31)17-19-29(22,2)26(24)18-20-30(25,27)3;1-4-5-6-7-8-9-10-11-27(31)32-26-15-14-24-23-13-12-21-20-22(30)16-18-28(21,2)25(23)17-19-29(24,26)3/h21,24-27H,4-20H2,1-3H3;20,23-26H,4-19H2,1-3H3/t24-,25-,26-,27-,29-,30-;23?,24?,25?,26-,28-,29-/m00/s1. The second kappa shape index (κ2) is 22.5. The number of carbonyl (C=O) groups excluding carboxylic acids is 4. The number of allylic oxidation sites excluding steroid dienone is 2. The molecule has 8 aliphatic carbocycles. The smallest absolute Gasteiger partial charge is 0.306 e. The van der Waals surface area contributed by atoms with Crippen LogP contribution in [0.1, 0.15) is 253 Å². The lowest BCUT2D eigenvalue weighted by molar-refractivity contribution is -0.160. The van der Waals surface area contributed by atoms with Crippen molar-refractivity contribution in [2.24, 2.45) is 57.2 Å². The van der Waals surface area contributed by atoms with Crippen LogP contribution in [-0.2, 0) is 28.7 Å². The minimum atomic E-state index is 0.0409. The maximum atomic E-state index is 12.7. The van der Waals surface area contributed by atoms with E-state index < -0.39 is 0 Å². The lowest BCUT2D eigenvalue weighted by atomic mass is 9.47. The van der Waals surface area contributed by atoms with Gasteiger partial charge in [-0.15, -0.1) is 0 Å². The van der Waals surface area contributed by atoms with E-state index >= 15 is 0 Å². The molecule has 0 spiro atoms. The zero-order valence-corrected chi connectivity index (χ0v) is 42.6. The van der Waals surface area contributed by atoms with Gasteiger partial charge in [-0.25, -0.2) is 0 Å². The van der Waals surface area contributed by atoms with Gasteiger partial charge < -0.3 is 9.47 Å². The molecule has 0 aliphatic heterocycles. The molecule has 0 heterocycles. The van der Waals surface area contributed by atoms with Crippen molar-refractivity contribution in [2.75, 3.05) is 0 Å². The molecule has 8 rings (SSSR count). The van der Waals surface area contributed by atoms with E-state index in [1.54, 1.807) is 0 Å². The third kappa shape index (κ3) is 11.1. The molecule has 6 nitrogen and oxygen atoms in total. The van der Waals surface area contributed by atoms with Gasteiger partial charge in [0.05, 0.1) is 0 Å². The Morgan fingerprint density at radius 2 is 0.831 bits per heavy atom. The Kier molecular flexibility index (Phi) is 17.5. The fourth-order valence-corrected chi connectivity index (χ4v) is 16.5. The minimum absolute atomic E-state index is 0.0409. The van der Waals surface area contributed by atoms with E-state index in [0.717, 1.165) is 88.9 Å². The first-order chi connectivity index (χ1) is 31.3. The molecule has 6 heteroatoms. The van der Waals surface area contributed by atoms with Crippen molar-refractivity contribution in [1.29, 1.82) is 0 Å². The van der Waals surface area contributed by atoms with E-state index in [1.165, 1.54) is 133 Å². The monoisotopic (exact) mass is 899 g/mol. The Balaban J connectivity index is 0.000000194. The number of ether oxygens (including phenoxy) is 2. The van der Waals surface area contributed by atoms with Gasteiger partial charge in [0, 0.05) is 36.5 Å². The first kappa shape index (κ1) is 50.6. The van der Waals surface area contributed by atoms with Crippen LogP contribution in [0, 0.1) is 57.2 Å². The van der Waals surface area contributed by atoms with E-state index in [-0.39, 0.29) is 45.8 Å². The molecule has 0 aromatic carbocycles. The number of carbonyl (C=O) groups is 4. The Labute approximate surface area is 396 Å². The largest absolute Gasteiger partial charge is 0.462 e. The number of fused-ring (bicyclic) bond motifs is 10. The van der Waals surface area contributed by atoms with E-state index in [0.29, 0.717) is 48.1 Å². The highest BCUT2D eigenvalue weighted by atomic mass is 16.5. The van der Waals surface area contributed by atoms with Crippen molar-refractivity contribution in [2.45, 2.75) is 266 Å². The van der Waals surface area contributed by atoms with Gasteiger partial charge in [0.2, 0.25) is 0 Å². The molecular formula is C59H94O6. The molecule has 0 radical (unpaired) electrons. The summed E-state index contributed by atoms with van der Waals surface area (Å²) in [6, 6.07) is 0. The molecule has 6 saturated carbocycles. The van der Waals surface area contributed by atoms with Gasteiger partial charge in [-0.1, -0.05) is 136 Å². The van der Waals surface area contributed by atoms with Gasteiger partial charge in [-0.05, 0) is 161 Å². The molecule has 0 saturated heterocycles. The Bertz CT molecular complexity index is 1710. The summed E-state index contributed by atoms with van der Waals surface area (Å²) in [5, 5.41) is 0. The highest BCUT2D eigenvalue weighted by molar-refractivity contribution is 5.92. The fourth-order valence-electron chi connectivity index (χ4n) is 16.5. The highest BCUT2D eigenvalue weighted by Crippen LogP contribution is 2.67. The molecule has 6 fully saturated rings. The van der Waals surface area contributed by atoms with Crippen LogP contribution in [0.25, 0.3) is 0 Å².